The Balaban J connectivity index is 2.58. The van der Waals surface area contributed by atoms with Crippen molar-refractivity contribution in [3.63, 3.8) is 0 Å². The molecular weight excluding hydrogens is 154 g/mol. The van der Waals surface area contributed by atoms with Gasteiger partial charge in [-0.25, -0.2) is 4.98 Å². The van der Waals surface area contributed by atoms with Crippen molar-refractivity contribution in [2.24, 2.45) is 0 Å². The van der Waals surface area contributed by atoms with Gasteiger partial charge >= 0.3 is 0 Å². The van der Waals surface area contributed by atoms with Crippen molar-refractivity contribution in [3.8, 4) is 0 Å². The minimum atomic E-state index is 0.513. The molecule has 4 nitrogen and oxygen atoms in total. The Labute approximate surface area is 72.0 Å². The van der Waals surface area contributed by atoms with Crippen LogP contribution in [0.4, 0.5) is 5.82 Å². The Hall–Kier alpha value is -1.16. The zero-order valence-corrected chi connectivity index (χ0v) is 7.37. The van der Waals surface area contributed by atoms with Gasteiger partial charge in [0, 0.05) is 13.7 Å². The molecule has 0 unspecified atom stereocenters. The van der Waals surface area contributed by atoms with Crippen molar-refractivity contribution in [1.82, 2.24) is 9.97 Å². The van der Waals surface area contributed by atoms with Gasteiger partial charge in [-0.3, -0.25) is 4.98 Å². The summed E-state index contributed by atoms with van der Waals surface area (Å²) in [7, 11) is 1.64. The van der Waals surface area contributed by atoms with E-state index >= 15 is 0 Å². The van der Waals surface area contributed by atoms with Crippen LogP contribution in [-0.2, 0) is 11.3 Å². The lowest BCUT2D eigenvalue weighted by atomic mass is 10.5. The molecule has 0 saturated heterocycles. The van der Waals surface area contributed by atoms with Gasteiger partial charge in [-0.05, 0) is 6.92 Å². The fourth-order valence-corrected chi connectivity index (χ4v) is 0.850. The molecule has 0 spiro atoms. The first-order valence-electron chi connectivity index (χ1n) is 3.90. The molecule has 1 rings (SSSR count). The van der Waals surface area contributed by atoms with Crippen molar-refractivity contribution in [1.29, 1.82) is 0 Å². The first kappa shape index (κ1) is 8.93. The van der Waals surface area contributed by atoms with E-state index in [9.17, 15) is 0 Å². The van der Waals surface area contributed by atoms with E-state index in [1.807, 2.05) is 6.92 Å². The van der Waals surface area contributed by atoms with Crippen LogP contribution in [0, 0.1) is 0 Å². The van der Waals surface area contributed by atoms with Gasteiger partial charge in [0.2, 0.25) is 0 Å². The molecule has 0 saturated carbocycles. The molecule has 0 aromatic carbocycles. The Bertz CT molecular complexity index is 197. The van der Waals surface area contributed by atoms with Crippen LogP contribution >= 0.6 is 0 Å². The fourth-order valence-electron chi connectivity index (χ4n) is 0.850. The maximum absolute atomic E-state index is 4.90. The van der Waals surface area contributed by atoms with Gasteiger partial charge in [0.1, 0.15) is 5.82 Å². The number of methoxy groups -OCH3 is 1. The fraction of sp³-hybridized carbons (Fsp3) is 0.500. The summed E-state index contributed by atoms with van der Waals surface area (Å²) >= 11 is 0. The summed E-state index contributed by atoms with van der Waals surface area (Å²) in [5.74, 6) is 0.803. The molecule has 12 heavy (non-hydrogen) atoms. The number of ether oxygens (including phenoxy) is 1. The van der Waals surface area contributed by atoms with Crippen molar-refractivity contribution >= 4 is 5.82 Å². The van der Waals surface area contributed by atoms with E-state index < -0.39 is 0 Å². The van der Waals surface area contributed by atoms with Crippen LogP contribution in [0.5, 0.6) is 0 Å². The third-order valence-electron chi connectivity index (χ3n) is 1.36. The SMILES string of the molecule is CCNc1cnc(COC)cn1. The lowest BCUT2D eigenvalue weighted by molar-refractivity contribution is 0.181. The monoisotopic (exact) mass is 167 g/mol. The summed E-state index contributed by atoms with van der Waals surface area (Å²) in [5.41, 5.74) is 0.846. The molecule has 1 N–H and O–H groups in total. The van der Waals surface area contributed by atoms with Gasteiger partial charge in [-0.1, -0.05) is 0 Å². The lowest BCUT2D eigenvalue weighted by Gasteiger charge is -2.01. The van der Waals surface area contributed by atoms with E-state index in [0.29, 0.717) is 6.61 Å². The molecule has 0 fully saturated rings. The second-order valence-electron chi connectivity index (χ2n) is 2.36. The van der Waals surface area contributed by atoms with Gasteiger partial charge in [-0.15, -0.1) is 0 Å². The van der Waals surface area contributed by atoms with Crippen LogP contribution in [-0.4, -0.2) is 23.6 Å². The van der Waals surface area contributed by atoms with Gasteiger partial charge in [0.05, 0.1) is 24.7 Å². The number of rotatable bonds is 4. The molecule has 0 atom stereocenters. The zero-order valence-electron chi connectivity index (χ0n) is 7.37. The standard InChI is InChI=1S/C8H13N3O/c1-3-9-8-5-10-7(4-11-8)6-12-2/h4-5H,3,6H2,1-2H3,(H,9,11). The number of nitrogens with one attached hydrogen (secondary N) is 1. The molecule has 66 valence electrons. The van der Waals surface area contributed by atoms with Gasteiger partial charge in [0.15, 0.2) is 0 Å². The molecule has 1 aromatic rings. The molecule has 1 heterocycles. The highest BCUT2D eigenvalue weighted by atomic mass is 16.5. The molecule has 0 bridgehead atoms. The molecule has 0 radical (unpaired) electrons. The summed E-state index contributed by atoms with van der Waals surface area (Å²) in [6, 6.07) is 0. The Morgan fingerprint density at radius 1 is 1.42 bits per heavy atom. The van der Waals surface area contributed by atoms with E-state index in [1.165, 1.54) is 0 Å². The molecule has 0 amide bonds. The van der Waals surface area contributed by atoms with Crippen LogP contribution < -0.4 is 5.32 Å². The second-order valence-corrected chi connectivity index (χ2v) is 2.36. The average Bonchev–Trinajstić information content (AvgIpc) is 2.09. The maximum Gasteiger partial charge on any atom is 0.144 e. The third-order valence-corrected chi connectivity index (χ3v) is 1.36. The number of hydrogen-bond donors (Lipinski definition) is 1. The average molecular weight is 167 g/mol. The van der Waals surface area contributed by atoms with Crippen molar-refractivity contribution in [3.05, 3.63) is 18.1 Å². The summed E-state index contributed by atoms with van der Waals surface area (Å²) in [6.07, 6.45) is 3.42. The van der Waals surface area contributed by atoms with Crippen molar-refractivity contribution < 1.29 is 4.74 Å². The van der Waals surface area contributed by atoms with E-state index in [0.717, 1.165) is 18.1 Å². The number of hydrogen-bond acceptors (Lipinski definition) is 4. The second kappa shape index (κ2) is 4.66. The van der Waals surface area contributed by atoms with Gasteiger partial charge < -0.3 is 10.1 Å². The van der Waals surface area contributed by atoms with E-state index in [1.54, 1.807) is 19.5 Å². The number of anilines is 1. The Morgan fingerprint density at radius 3 is 2.75 bits per heavy atom. The normalized spacial score (nSPS) is 9.83. The minimum absolute atomic E-state index is 0.513. The van der Waals surface area contributed by atoms with Crippen molar-refractivity contribution in [2.45, 2.75) is 13.5 Å². The zero-order chi connectivity index (χ0) is 8.81. The van der Waals surface area contributed by atoms with Gasteiger partial charge in [-0.2, -0.15) is 0 Å². The van der Waals surface area contributed by atoms with Crippen molar-refractivity contribution in [2.75, 3.05) is 19.0 Å². The highest BCUT2D eigenvalue weighted by molar-refractivity contribution is 5.30. The Kier molecular flexibility index (Phi) is 3.47. The molecule has 0 aliphatic rings. The van der Waals surface area contributed by atoms with E-state index in [4.69, 9.17) is 4.74 Å². The number of nitrogens with zero attached hydrogens (tertiary/aromatic N) is 2. The lowest BCUT2D eigenvalue weighted by Crippen LogP contribution is -2.01. The minimum Gasteiger partial charge on any atom is -0.378 e. The topological polar surface area (TPSA) is 47.0 Å². The van der Waals surface area contributed by atoms with E-state index in [2.05, 4.69) is 15.3 Å². The predicted octanol–water partition coefficient (Wildman–Crippen LogP) is 1.05. The molecule has 0 aliphatic heterocycles. The van der Waals surface area contributed by atoms with Crippen LogP contribution in [0.1, 0.15) is 12.6 Å². The largest absolute Gasteiger partial charge is 0.378 e. The first-order valence-corrected chi connectivity index (χ1v) is 3.90. The summed E-state index contributed by atoms with van der Waals surface area (Å²) in [6.45, 7) is 3.39. The third kappa shape index (κ3) is 2.47. The highest BCUT2D eigenvalue weighted by Crippen LogP contribution is 2.00. The van der Waals surface area contributed by atoms with Crippen LogP contribution in [0.25, 0.3) is 0 Å². The summed E-state index contributed by atoms with van der Waals surface area (Å²) in [5, 5.41) is 3.06. The molecular formula is C8H13N3O. The molecule has 0 aliphatic carbocycles. The van der Waals surface area contributed by atoms with Crippen LogP contribution in [0.3, 0.4) is 0 Å². The van der Waals surface area contributed by atoms with Gasteiger partial charge in [0.25, 0.3) is 0 Å². The first-order chi connectivity index (χ1) is 5.86. The highest BCUT2D eigenvalue weighted by Gasteiger charge is 1.94. The quantitative estimate of drug-likeness (QED) is 0.728. The summed E-state index contributed by atoms with van der Waals surface area (Å²) < 4.78 is 4.90. The number of aromatic nitrogens is 2. The smallest absolute Gasteiger partial charge is 0.144 e. The van der Waals surface area contributed by atoms with E-state index in [-0.39, 0.29) is 0 Å². The molecule has 4 heteroatoms. The maximum atomic E-state index is 4.90. The van der Waals surface area contributed by atoms with Crippen LogP contribution in [0.15, 0.2) is 12.4 Å². The Morgan fingerprint density at radius 2 is 2.25 bits per heavy atom. The predicted molar refractivity (Wildman–Crippen MR) is 46.9 cm³/mol. The van der Waals surface area contributed by atoms with Crippen LogP contribution in [0.2, 0.25) is 0 Å². The molecule has 1 aromatic heterocycles. The summed E-state index contributed by atoms with van der Waals surface area (Å²) in [4.78, 5) is 8.27.